The minimum absolute atomic E-state index is 0.00533. The van der Waals surface area contributed by atoms with Crippen molar-refractivity contribution in [1.29, 1.82) is 0 Å². The fourth-order valence-corrected chi connectivity index (χ4v) is 3.10. The van der Waals surface area contributed by atoms with Gasteiger partial charge in [0.15, 0.2) is 0 Å². The van der Waals surface area contributed by atoms with Crippen LogP contribution in [0, 0.1) is 17.8 Å². The summed E-state index contributed by atoms with van der Waals surface area (Å²) in [5, 5.41) is 0. The minimum Gasteiger partial charge on any atom is -0.463 e. The van der Waals surface area contributed by atoms with Crippen LogP contribution in [0.25, 0.3) is 0 Å². The number of hydrogen-bond donors (Lipinski definition) is 1. The number of hydrogen-bond acceptors (Lipinski definition) is 3. The van der Waals surface area contributed by atoms with Crippen LogP contribution in [0.2, 0.25) is 0 Å². The van der Waals surface area contributed by atoms with Gasteiger partial charge in [0, 0.05) is 6.04 Å². The second-order valence-electron chi connectivity index (χ2n) is 5.33. The number of carbonyl (C=O) groups is 1. The molecule has 0 aromatic rings. The highest BCUT2D eigenvalue weighted by atomic mass is 16.5. The highest BCUT2D eigenvalue weighted by Gasteiger charge is 2.43. The van der Waals surface area contributed by atoms with E-state index in [9.17, 15) is 4.79 Å². The lowest BCUT2D eigenvalue weighted by Crippen LogP contribution is -2.40. The zero-order chi connectivity index (χ0) is 11.0. The van der Waals surface area contributed by atoms with E-state index in [-0.39, 0.29) is 18.0 Å². The van der Waals surface area contributed by atoms with Crippen LogP contribution in [0.5, 0.6) is 0 Å². The lowest BCUT2D eigenvalue weighted by Gasteiger charge is -2.32. The smallest absolute Gasteiger partial charge is 0.309 e. The van der Waals surface area contributed by atoms with Gasteiger partial charge in [-0.05, 0) is 51.4 Å². The zero-order valence-corrected chi connectivity index (χ0v) is 9.61. The summed E-state index contributed by atoms with van der Waals surface area (Å²) in [5.41, 5.74) is 6.10. The summed E-state index contributed by atoms with van der Waals surface area (Å²) in [6, 6.07) is 0.341. The molecule has 3 heteroatoms. The Morgan fingerprint density at radius 2 is 1.80 bits per heavy atom. The molecule has 0 aromatic carbocycles. The number of carbonyl (C=O) groups excluding carboxylic acids is 1. The maximum atomic E-state index is 11.8. The van der Waals surface area contributed by atoms with Crippen LogP contribution in [0.15, 0.2) is 0 Å². The molecule has 15 heavy (non-hydrogen) atoms. The normalized spacial score (nSPS) is 39.5. The molecule has 0 amide bonds. The molecule has 2 fully saturated rings. The van der Waals surface area contributed by atoms with E-state index in [2.05, 4.69) is 0 Å². The largest absolute Gasteiger partial charge is 0.463 e. The van der Waals surface area contributed by atoms with Crippen LogP contribution in [0.4, 0.5) is 0 Å². The van der Waals surface area contributed by atoms with Crippen LogP contribution in [-0.2, 0) is 9.53 Å². The predicted molar refractivity (Wildman–Crippen MR) is 58.1 cm³/mol. The van der Waals surface area contributed by atoms with Crippen LogP contribution in [-0.4, -0.2) is 18.1 Å². The Morgan fingerprint density at radius 3 is 2.27 bits per heavy atom. The standard InChI is InChI=1S/C12H21NO2/c1-7(2)15-12(14)10-5-8-3-4-9(6-10)11(8)13/h7-11H,3-6,13H2,1-2H3. The molecule has 0 aliphatic heterocycles. The van der Waals surface area contributed by atoms with Crippen LogP contribution < -0.4 is 5.73 Å². The van der Waals surface area contributed by atoms with Gasteiger partial charge in [-0.1, -0.05) is 0 Å². The molecular formula is C12H21NO2. The van der Waals surface area contributed by atoms with Crippen molar-refractivity contribution in [2.45, 2.75) is 51.7 Å². The second-order valence-corrected chi connectivity index (χ2v) is 5.33. The summed E-state index contributed by atoms with van der Waals surface area (Å²) >= 11 is 0. The lowest BCUT2D eigenvalue weighted by atomic mass is 9.78. The monoisotopic (exact) mass is 211 g/mol. The number of esters is 1. The van der Waals surface area contributed by atoms with Crippen molar-refractivity contribution < 1.29 is 9.53 Å². The van der Waals surface area contributed by atoms with Gasteiger partial charge in [0.2, 0.25) is 0 Å². The van der Waals surface area contributed by atoms with Crippen molar-refractivity contribution in [3.8, 4) is 0 Å². The number of fused-ring (bicyclic) bond motifs is 2. The Hall–Kier alpha value is -0.570. The molecule has 86 valence electrons. The van der Waals surface area contributed by atoms with Crippen molar-refractivity contribution in [3.63, 3.8) is 0 Å². The van der Waals surface area contributed by atoms with Crippen LogP contribution >= 0.6 is 0 Å². The molecule has 2 aliphatic rings. The SMILES string of the molecule is CC(C)OC(=O)C1CC2CCC(C1)C2N. The van der Waals surface area contributed by atoms with Crippen molar-refractivity contribution >= 4 is 5.97 Å². The van der Waals surface area contributed by atoms with Crippen molar-refractivity contribution in [2.24, 2.45) is 23.5 Å². The Labute approximate surface area is 91.4 Å². The number of ether oxygens (including phenoxy) is 1. The average Bonchev–Trinajstić information content (AvgIpc) is 2.38. The molecule has 2 saturated carbocycles. The fraction of sp³-hybridized carbons (Fsp3) is 0.917. The average molecular weight is 211 g/mol. The molecule has 3 nitrogen and oxygen atoms in total. The first kappa shape index (κ1) is 10.9. The van der Waals surface area contributed by atoms with E-state index >= 15 is 0 Å². The quantitative estimate of drug-likeness (QED) is 0.707. The van der Waals surface area contributed by atoms with E-state index in [1.807, 2.05) is 13.8 Å². The summed E-state index contributed by atoms with van der Waals surface area (Å²) in [6.45, 7) is 3.81. The first-order valence-corrected chi connectivity index (χ1v) is 6.04. The van der Waals surface area contributed by atoms with Gasteiger partial charge in [0.05, 0.1) is 12.0 Å². The van der Waals surface area contributed by atoms with Gasteiger partial charge in [-0.15, -0.1) is 0 Å². The minimum atomic E-state index is -0.00574. The summed E-state index contributed by atoms with van der Waals surface area (Å²) in [5.74, 6) is 1.24. The summed E-state index contributed by atoms with van der Waals surface area (Å²) in [6.07, 6.45) is 4.31. The molecule has 2 bridgehead atoms. The Bertz CT molecular complexity index is 238. The molecule has 0 aromatic heterocycles. The predicted octanol–water partition coefficient (Wildman–Crippen LogP) is 1.70. The van der Waals surface area contributed by atoms with Gasteiger partial charge < -0.3 is 10.5 Å². The Morgan fingerprint density at radius 1 is 1.27 bits per heavy atom. The van der Waals surface area contributed by atoms with Crippen molar-refractivity contribution in [2.75, 3.05) is 0 Å². The summed E-state index contributed by atoms with van der Waals surface area (Å²) in [4.78, 5) is 11.8. The van der Waals surface area contributed by atoms with E-state index in [1.165, 1.54) is 12.8 Å². The molecule has 2 rings (SSSR count). The van der Waals surface area contributed by atoms with Gasteiger partial charge in [-0.3, -0.25) is 4.79 Å². The third-order valence-corrected chi connectivity index (χ3v) is 3.86. The third-order valence-electron chi connectivity index (χ3n) is 3.86. The topological polar surface area (TPSA) is 52.3 Å². The maximum absolute atomic E-state index is 11.8. The molecule has 2 unspecified atom stereocenters. The molecule has 0 radical (unpaired) electrons. The second kappa shape index (κ2) is 4.12. The molecule has 2 aliphatic carbocycles. The van der Waals surface area contributed by atoms with Gasteiger partial charge >= 0.3 is 5.97 Å². The van der Waals surface area contributed by atoms with Gasteiger partial charge in [-0.2, -0.15) is 0 Å². The number of rotatable bonds is 2. The third kappa shape index (κ3) is 2.17. The summed E-state index contributed by atoms with van der Waals surface area (Å²) < 4.78 is 5.27. The van der Waals surface area contributed by atoms with E-state index in [0.717, 1.165) is 12.8 Å². The lowest BCUT2D eigenvalue weighted by molar-refractivity contribution is -0.154. The highest BCUT2D eigenvalue weighted by molar-refractivity contribution is 5.72. The van der Waals surface area contributed by atoms with Gasteiger partial charge in [0.1, 0.15) is 0 Å². The Balaban J connectivity index is 1.94. The highest BCUT2D eigenvalue weighted by Crippen LogP contribution is 2.44. The Kier molecular flexibility index (Phi) is 3.01. The molecule has 0 saturated heterocycles. The molecular weight excluding hydrogens is 190 g/mol. The first-order chi connectivity index (χ1) is 7.08. The van der Waals surface area contributed by atoms with E-state index in [1.54, 1.807) is 0 Å². The molecule has 0 spiro atoms. The maximum Gasteiger partial charge on any atom is 0.309 e. The van der Waals surface area contributed by atoms with Crippen molar-refractivity contribution in [3.05, 3.63) is 0 Å². The number of nitrogens with two attached hydrogens (primary N) is 1. The van der Waals surface area contributed by atoms with Gasteiger partial charge in [0.25, 0.3) is 0 Å². The first-order valence-electron chi connectivity index (χ1n) is 6.04. The zero-order valence-electron chi connectivity index (χ0n) is 9.61. The van der Waals surface area contributed by atoms with Gasteiger partial charge in [-0.25, -0.2) is 0 Å². The van der Waals surface area contributed by atoms with Crippen molar-refractivity contribution in [1.82, 2.24) is 0 Å². The molecule has 2 atom stereocenters. The van der Waals surface area contributed by atoms with Crippen LogP contribution in [0.1, 0.15) is 39.5 Å². The van der Waals surface area contributed by atoms with E-state index in [0.29, 0.717) is 17.9 Å². The molecule has 0 heterocycles. The van der Waals surface area contributed by atoms with Crippen LogP contribution in [0.3, 0.4) is 0 Å². The van der Waals surface area contributed by atoms with E-state index < -0.39 is 0 Å². The summed E-state index contributed by atoms with van der Waals surface area (Å²) in [7, 11) is 0. The van der Waals surface area contributed by atoms with E-state index in [4.69, 9.17) is 10.5 Å². The fourth-order valence-electron chi connectivity index (χ4n) is 3.10. The molecule has 2 N–H and O–H groups in total.